The second-order valence-electron chi connectivity index (χ2n) is 5.12. The standard InChI is InChI=1S/C12H21N7OS/c1-9-8-21-7-4-19(9)12-15-10(17-13)14-11(16-12)18-2-5-20-6-3-18/h9H,2-8,13H2,1H3,(H,14,15,16,17). The van der Waals surface area contributed by atoms with Crippen molar-refractivity contribution in [1.29, 1.82) is 0 Å². The number of morpholine rings is 1. The maximum absolute atomic E-state index is 5.51. The number of hydrazine groups is 1. The maximum atomic E-state index is 5.51. The van der Waals surface area contributed by atoms with E-state index in [0.717, 1.165) is 31.1 Å². The molecule has 1 unspecified atom stereocenters. The van der Waals surface area contributed by atoms with E-state index in [9.17, 15) is 0 Å². The van der Waals surface area contributed by atoms with Gasteiger partial charge in [0.15, 0.2) is 0 Å². The monoisotopic (exact) mass is 311 g/mol. The van der Waals surface area contributed by atoms with Crippen LogP contribution in [0.2, 0.25) is 0 Å². The number of anilines is 3. The van der Waals surface area contributed by atoms with Gasteiger partial charge in [-0.15, -0.1) is 0 Å². The van der Waals surface area contributed by atoms with Gasteiger partial charge >= 0.3 is 0 Å². The average molecular weight is 311 g/mol. The summed E-state index contributed by atoms with van der Waals surface area (Å²) in [5.41, 5.74) is 2.55. The second-order valence-corrected chi connectivity index (χ2v) is 6.27. The molecule has 2 aliphatic rings. The van der Waals surface area contributed by atoms with Crippen LogP contribution in [0.25, 0.3) is 0 Å². The molecular formula is C12H21N7OS. The number of hydrogen-bond donors (Lipinski definition) is 2. The smallest absolute Gasteiger partial charge is 0.243 e. The van der Waals surface area contributed by atoms with E-state index < -0.39 is 0 Å². The predicted molar refractivity (Wildman–Crippen MR) is 84.8 cm³/mol. The Morgan fingerprint density at radius 1 is 1.19 bits per heavy atom. The molecule has 9 heteroatoms. The van der Waals surface area contributed by atoms with Crippen LogP contribution in [-0.4, -0.2) is 65.3 Å². The van der Waals surface area contributed by atoms with Crippen molar-refractivity contribution in [2.24, 2.45) is 5.84 Å². The van der Waals surface area contributed by atoms with Gasteiger partial charge in [0.2, 0.25) is 17.8 Å². The lowest BCUT2D eigenvalue weighted by Gasteiger charge is -2.34. The van der Waals surface area contributed by atoms with Gasteiger partial charge in [0.05, 0.1) is 13.2 Å². The van der Waals surface area contributed by atoms with E-state index in [1.807, 2.05) is 11.8 Å². The van der Waals surface area contributed by atoms with Gasteiger partial charge in [-0.05, 0) is 6.92 Å². The van der Waals surface area contributed by atoms with Crippen molar-refractivity contribution in [3.63, 3.8) is 0 Å². The lowest BCUT2D eigenvalue weighted by atomic mass is 10.3. The highest BCUT2D eigenvalue weighted by Crippen LogP contribution is 2.23. The summed E-state index contributed by atoms with van der Waals surface area (Å²) in [5.74, 6) is 9.47. The fraction of sp³-hybridized carbons (Fsp3) is 0.750. The zero-order valence-corrected chi connectivity index (χ0v) is 13.0. The number of nitrogens with one attached hydrogen (secondary N) is 1. The maximum Gasteiger partial charge on any atom is 0.243 e. The molecule has 3 rings (SSSR count). The number of ether oxygens (including phenoxy) is 1. The van der Waals surface area contributed by atoms with E-state index in [2.05, 4.69) is 37.1 Å². The first kappa shape index (κ1) is 14.6. The van der Waals surface area contributed by atoms with Crippen LogP contribution in [0.3, 0.4) is 0 Å². The molecule has 116 valence electrons. The first-order chi connectivity index (χ1) is 10.3. The highest BCUT2D eigenvalue weighted by molar-refractivity contribution is 7.99. The summed E-state index contributed by atoms with van der Waals surface area (Å²) in [7, 11) is 0. The first-order valence-corrected chi connectivity index (χ1v) is 8.33. The summed E-state index contributed by atoms with van der Waals surface area (Å²) in [6.07, 6.45) is 0. The van der Waals surface area contributed by atoms with Crippen molar-refractivity contribution in [3.8, 4) is 0 Å². The molecule has 0 amide bonds. The van der Waals surface area contributed by atoms with E-state index in [-0.39, 0.29) is 0 Å². The number of aromatic nitrogens is 3. The molecule has 1 aromatic rings. The summed E-state index contributed by atoms with van der Waals surface area (Å²) in [6.45, 7) is 6.12. The first-order valence-electron chi connectivity index (χ1n) is 7.17. The van der Waals surface area contributed by atoms with Gasteiger partial charge in [0.25, 0.3) is 0 Å². The molecule has 0 spiro atoms. The van der Waals surface area contributed by atoms with Crippen LogP contribution in [0.15, 0.2) is 0 Å². The molecule has 0 saturated carbocycles. The molecule has 2 saturated heterocycles. The van der Waals surface area contributed by atoms with Crippen molar-refractivity contribution >= 4 is 29.6 Å². The van der Waals surface area contributed by atoms with Gasteiger partial charge < -0.3 is 14.5 Å². The summed E-state index contributed by atoms with van der Waals surface area (Å²) >= 11 is 1.96. The summed E-state index contributed by atoms with van der Waals surface area (Å²) in [4.78, 5) is 17.8. The largest absolute Gasteiger partial charge is 0.378 e. The van der Waals surface area contributed by atoms with Crippen molar-refractivity contribution < 1.29 is 4.74 Å². The Kier molecular flexibility index (Phi) is 4.61. The Bertz CT molecular complexity index is 483. The molecule has 2 aliphatic heterocycles. The second kappa shape index (κ2) is 6.63. The summed E-state index contributed by atoms with van der Waals surface area (Å²) in [5, 5.41) is 0. The fourth-order valence-corrected chi connectivity index (χ4v) is 3.49. The molecule has 0 radical (unpaired) electrons. The van der Waals surface area contributed by atoms with Crippen LogP contribution in [0.5, 0.6) is 0 Å². The summed E-state index contributed by atoms with van der Waals surface area (Å²) in [6, 6.07) is 0.411. The third-order valence-electron chi connectivity index (χ3n) is 3.66. The molecule has 21 heavy (non-hydrogen) atoms. The lowest BCUT2D eigenvalue weighted by Crippen LogP contribution is -2.42. The van der Waals surface area contributed by atoms with E-state index in [0.29, 0.717) is 37.1 Å². The molecule has 8 nitrogen and oxygen atoms in total. The normalized spacial score (nSPS) is 23.2. The van der Waals surface area contributed by atoms with Gasteiger partial charge in [0, 0.05) is 37.2 Å². The minimum absolute atomic E-state index is 0.409. The van der Waals surface area contributed by atoms with E-state index >= 15 is 0 Å². The Morgan fingerprint density at radius 2 is 1.95 bits per heavy atom. The third kappa shape index (κ3) is 3.30. The SMILES string of the molecule is CC1CSCCN1c1nc(NN)nc(N2CCOCC2)n1. The zero-order chi connectivity index (χ0) is 14.7. The molecule has 1 aromatic heterocycles. The number of thioether (sulfide) groups is 1. The average Bonchev–Trinajstić information content (AvgIpc) is 2.55. The van der Waals surface area contributed by atoms with Crippen LogP contribution >= 0.6 is 11.8 Å². The lowest BCUT2D eigenvalue weighted by molar-refractivity contribution is 0.122. The van der Waals surface area contributed by atoms with Crippen LogP contribution in [0.1, 0.15) is 6.92 Å². The highest BCUT2D eigenvalue weighted by atomic mass is 32.2. The highest BCUT2D eigenvalue weighted by Gasteiger charge is 2.24. The van der Waals surface area contributed by atoms with Crippen LogP contribution in [0.4, 0.5) is 17.8 Å². The van der Waals surface area contributed by atoms with Crippen molar-refractivity contribution in [2.45, 2.75) is 13.0 Å². The topological polar surface area (TPSA) is 92.4 Å². The third-order valence-corrected chi connectivity index (χ3v) is 4.85. The van der Waals surface area contributed by atoms with Crippen molar-refractivity contribution in [1.82, 2.24) is 15.0 Å². The number of nitrogens with two attached hydrogens (primary N) is 1. The molecule has 3 heterocycles. The minimum Gasteiger partial charge on any atom is -0.378 e. The Hall–Kier alpha value is -1.32. The minimum atomic E-state index is 0.409. The van der Waals surface area contributed by atoms with Gasteiger partial charge in [-0.2, -0.15) is 26.7 Å². The van der Waals surface area contributed by atoms with Crippen molar-refractivity contribution in [3.05, 3.63) is 0 Å². The molecule has 0 aromatic carbocycles. The Balaban J connectivity index is 1.88. The van der Waals surface area contributed by atoms with Crippen molar-refractivity contribution in [2.75, 3.05) is 59.6 Å². The molecule has 3 N–H and O–H groups in total. The van der Waals surface area contributed by atoms with Gasteiger partial charge in [-0.3, -0.25) is 5.43 Å². The van der Waals surface area contributed by atoms with Gasteiger partial charge in [0.1, 0.15) is 0 Å². The predicted octanol–water partition coefficient (Wildman–Crippen LogP) is -0.0645. The fourth-order valence-electron chi connectivity index (χ4n) is 2.48. The Labute approximate surface area is 128 Å². The van der Waals surface area contributed by atoms with E-state index in [1.165, 1.54) is 0 Å². The molecular weight excluding hydrogens is 290 g/mol. The molecule has 0 aliphatic carbocycles. The Morgan fingerprint density at radius 3 is 2.67 bits per heavy atom. The number of hydrogen-bond acceptors (Lipinski definition) is 9. The van der Waals surface area contributed by atoms with E-state index in [1.54, 1.807) is 0 Å². The molecule has 1 atom stereocenters. The molecule has 0 bridgehead atoms. The molecule has 2 fully saturated rings. The number of nitrogens with zero attached hydrogens (tertiary/aromatic N) is 5. The summed E-state index contributed by atoms with van der Waals surface area (Å²) < 4.78 is 5.38. The number of nitrogen functional groups attached to an aromatic ring is 1. The van der Waals surface area contributed by atoms with Crippen LogP contribution in [-0.2, 0) is 4.74 Å². The van der Waals surface area contributed by atoms with Gasteiger partial charge in [-0.25, -0.2) is 5.84 Å². The quantitative estimate of drug-likeness (QED) is 0.588. The number of rotatable bonds is 3. The van der Waals surface area contributed by atoms with Crippen LogP contribution in [0, 0.1) is 0 Å². The van der Waals surface area contributed by atoms with Crippen LogP contribution < -0.4 is 21.1 Å². The van der Waals surface area contributed by atoms with Gasteiger partial charge in [-0.1, -0.05) is 0 Å². The van der Waals surface area contributed by atoms with E-state index in [4.69, 9.17) is 10.6 Å². The zero-order valence-electron chi connectivity index (χ0n) is 12.2.